The lowest BCUT2D eigenvalue weighted by atomic mass is 9.97. The highest BCUT2D eigenvalue weighted by molar-refractivity contribution is 9.10. The average molecular weight is 336 g/mol. The molecule has 0 spiro atoms. The van der Waals surface area contributed by atoms with Gasteiger partial charge in [0.05, 0.1) is 6.61 Å². The van der Waals surface area contributed by atoms with E-state index in [-0.39, 0.29) is 0 Å². The van der Waals surface area contributed by atoms with Crippen LogP contribution in [-0.4, -0.2) is 19.2 Å². The van der Waals surface area contributed by atoms with Crippen molar-refractivity contribution in [3.8, 4) is 5.75 Å². The maximum atomic E-state index is 5.79. The van der Waals surface area contributed by atoms with Crippen LogP contribution in [-0.2, 0) is 6.42 Å². The van der Waals surface area contributed by atoms with Crippen molar-refractivity contribution in [3.63, 3.8) is 0 Å². The van der Waals surface area contributed by atoms with Gasteiger partial charge in [0.15, 0.2) is 0 Å². The normalized spacial score (nSPS) is 22.5. The van der Waals surface area contributed by atoms with Crippen molar-refractivity contribution in [2.45, 2.75) is 45.1 Å². The Balaban J connectivity index is 1.77. The smallest absolute Gasteiger partial charge is 0.129 e. The Kier molecular flexibility index (Phi) is 4.47. The molecule has 1 saturated heterocycles. The van der Waals surface area contributed by atoms with Gasteiger partial charge in [0.1, 0.15) is 5.75 Å². The molecule has 0 radical (unpaired) electrons. The fourth-order valence-electron chi connectivity index (χ4n) is 3.22. The Morgan fingerprint density at radius 2 is 2.35 bits per heavy atom. The summed E-state index contributed by atoms with van der Waals surface area (Å²) in [5, 5.41) is 3.62. The molecule has 2 heterocycles. The van der Waals surface area contributed by atoms with E-state index in [1.165, 1.54) is 42.5 Å². The molecular weight excluding hydrogens is 314 g/mol. The Hall–Kier alpha value is -0.800. The van der Waals surface area contributed by atoms with Crippen LogP contribution in [0, 0.1) is 0 Å². The topological polar surface area (TPSA) is 21.3 Å². The largest absolute Gasteiger partial charge is 0.492 e. The van der Waals surface area contributed by atoms with E-state index in [9.17, 15) is 0 Å². The summed E-state index contributed by atoms with van der Waals surface area (Å²) in [5.74, 6) is 1.09. The van der Waals surface area contributed by atoms with Crippen molar-refractivity contribution in [3.05, 3.63) is 33.3 Å². The summed E-state index contributed by atoms with van der Waals surface area (Å²) in [5.41, 5.74) is 3.98. The number of ether oxygens (including phenoxy) is 1. The first-order valence-electron chi connectivity index (χ1n) is 7.58. The molecule has 0 amide bonds. The highest BCUT2D eigenvalue weighted by Gasteiger charge is 2.17. The zero-order valence-corrected chi connectivity index (χ0v) is 13.6. The summed E-state index contributed by atoms with van der Waals surface area (Å²) in [6.07, 6.45) is 8.45. The first-order valence-corrected chi connectivity index (χ1v) is 8.37. The zero-order valence-electron chi connectivity index (χ0n) is 12.0. The summed E-state index contributed by atoms with van der Waals surface area (Å²) in [6, 6.07) is 5.00. The maximum absolute atomic E-state index is 5.79. The second kappa shape index (κ2) is 6.31. The lowest BCUT2D eigenvalue weighted by molar-refractivity contribution is 0.356. The van der Waals surface area contributed by atoms with Gasteiger partial charge in [-0.2, -0.15) is 0 Å². The summed E-state index contributed by atoms with van der Waals surface area (Å²) in [7, 11) is 0. The highest BCUT2D eigenvalue weighted by Crippen LogP contribution is 2.34. The van der Waals surface area contributed by atoms with Gasteiger partial charge in [0.25, 0.3) is 0 Å². The van der Waals surface area contributed by atoms with Crippen molar-refractivity contribution >= 4 is 22.0 Å². The van der Waals surface area contributed by atoms with Gasteiger partial charge in [0.2, 0.25) is 0 Å². The Labute approximate surface area is 129 Å². The summed E-state index contributed by atoms with van der Waals surface area (Å²) >= 11 is 3.61. The molecule has 3 heteroatoms. The van der Waals surface area contributed by atoms with E-state index in [0.717, 1.165) is 29.7 Å². The first-order chi connectivity index (χ1) is 9.72. The molecule has 20 heavy (non-hydrogen) atoms. The fraction of sp³-hybridized carbons (Fsp3) is 0.529. The molecule has 108 valence electrons. The Morgan fingerprint density at radius 3 is 3.15 bits per heavy atom. The molecule has 0 aliphatic carbocycles. The van der Waals surface area contributed by atoms with Gasteiger partial charge in [-0.25, -0.2) is 0 Å². The standard InChI is InChI=1S/C17H22BrNO/c1-12(9-16-4-2-3-6-19-16)8-14-11-15(18)10-13-5-7-20-17(13)14/h8,10-11,16,19H,2-7,9H2,1H3/b12-8-. The third kappa shape index (κ3) is 3.26. The van der Waals surface area contributed by atoms with Gasteiger partial charge in [-0.15, -0.1) is 0 Å². The molecule has 3 rings (SSSR count). The Morgan fingerprint density at radius 1 is 1.45 bits per heavy atom. The minimum absolute atomic E-state index is 0.654. The van der Waals surface area contributed by atoms with Crippen molar-refractivity contribution in [1.82, 2.24) is 5.32 Å². The molecule has 0 bridgehead atoms. The SMILES string of the molecule is C/C(=C/c1cc(Br)cc2c1OCC2)CC1CCCCN1. The number of halogens is 1. The number of piperidine rings is 1. The van der Waals surface area contributed by atoms with Crippen molar-refractivity contribution < 1.29 is 4.74 Å². The molecule has 1 aromatic rings. The fourth-order valence-corrected chi connectivity index (χ4v) is 3.74. The van der Waals surface area contributed by atoms with Crippen LogP contribution in [0.4, 0.5) is 0 Å². The van der Waals surface area contributed by atoms with Crippen LogP contribution in [0.5, 0.6) is 5.75 Å². The average Bonchev–Trinajstić information content (AvgIpc) is 2.88. The van der Waals surface area contributed by atoms with Crippen LogP contribution >= 0.6 is 15.9 Å². The molecule has 1 atom stereocenters. The lowest BCUT2D eigenvalue weighted by Gasteiger charge is -2.23. The number of rotatable bonds is 3. The number of hydrogen-bond donors (Lipinski definition) is 1. The number of hydrogen-bond acceptors (Lipinski definition) is 2. The van der Waals surface area contributed by atoms with Gasteiger partial charge in [0, 0.05) is 22.5 Å². The molecule has 1 fully saturated rings. The molecule has 2 aliphatic rings. The van der Waals surface area contributed by atoms with E-state index in [1.807, 2.05) is 0 Å². The molecule has 1 N–H and O–H groups in total. The van der Waals surface area contributed by atoms with Crippen LogP contribution in [0.2, 0.25) is 0 Å². The molecule has 1 aromatic carbocycles. The monoisotopic (exact) mass is 335 g/mol. The van der Waals surface area contributed by atoms with Gasteiger partial charge in [-0.1, -0.05) is 34.0 Å². The maximum Gasteiger partial charge on any atom is 0.129 e. The zero-order chi connectivity index (χ0) is 13.9. The van der Waals surface area contributed by atoms with Crippen molar-refractivity contribution in [2.24, 2.45) is 0 Å². The second-order valence-corrected chi connectivity index (χ2v) is 6.84. The van der Waals surface area contributed by atoms with Crippen molar-refractivity contribution in [2.75, 3.05) is 13.2 Å². The number of fused-ring (bicyclic) bond motifs is 1. The Bertz CT molecular complexity index is 518. The van der Waals surface area contributed by atoms with Crippen LogP contribution < -0.4 is 10.1 Å². The van der Waals surface area contributed by atoms with E-state index < -0.39 is 0 Å². The lowest BCUT2D eigenvalue weighted by Crippen LogP contribution is -2.33. The molecule has 2 nitrogen and oxygen atoms in total. The van der Waals surface area contributed by atoms with Crippen LogP contribution in [0.1, 0.15) is 43.7 Å². The quantitative estimate of drug-likeness (QED) is 0.888. The molecule has 0 saturated carbocycles. The predicted molar refractivity (Wildman–Crippen MR) is 87.3 cm³/mol. The third-order valence-electron chi connectivity index (χ3n) is 4.16. The van der Waals surface area contributed by atoms with E-state index >= 15 is 0 Å². The van der Waals surface area contributed by atoms with Crippen molar-refractivity contribution in [1.29, 1.82) is 0 Å². The van der Waals surface area contributed by atoms with Crippen LogP contribution in [0.15, 0.2) is 22.2 Å². The third-order valence-corrected chi connectivity index (χ3v) is 4.62. The van der Waals surface area contributed by atoms with E-state index in [2.05, 4.69) is 46.4 Å². The van der Waals surface area contributed by atoms with Crippen LogP contribution in [0.3, 0.4) is 0 Å². The van der Waals surface area contributed by atoms with Gasteiger partial charge < -0.3 is 10.1 Å². The summed E-state index contributed by atoms with van der Waals surface area (Å²) in [6.45, 7) is 4.22. The molecule has 0 aromatic heterocycles. The van der Waals surface area contributed by atoms with E-state index in [4.69, 9.17) is 4.74 Å². The predicted octanol–water partition coefficient (Wildman–Crippen LogP) is 4.32. The van der Waals surface area contributed by atoms with Gasteiger partial charge in [-0.3, -0.25) is 0 Å². The van der Waals surface area contributed by atoms with Crippen LogP contribution in [0.25, 0.3) is 6.08 Å². The molecule has 1 unspecified atom stereocenters. The summed E-state index contributed by atoms with van der Waals surface area (Å²) in [4.78, 5) is 0. The minimum atomic E-state index is 0.654. The van der Waals surface area contributed by atoms with E-state index in [0.29, 0.717) is 6.04 Å². The van der Waals surface area contributed by atoms with Gasteiger partial charge >= 0.3 is 0 Å². The number of benzene rings is 1. The molecule has 2 aliphatic heterocycles. The first kappa shape index (κ1) is 14.2. The van der Waals surface area contributed by atoms with Gasteiger partial charge in [-0.05, 0) is 50.4 Å². The molecular formula is C17H22BrNO. The minimum Gasteiger partial charge on any atom is -0.492 e. The summed E-state index contributed by atoms with van der Waals surface area (Å²) < 4.78 is 6.94. The highest BCUT2D eigenvalue weighted by atomic mass is 79.9. The van der Waals surface area contributed by atoms with E-state index in [1.54, 1.807) is 0 Å². The number of nitrogens with one attached hydrogen (secondary N) is 1. The second-order valence-electron chi connectivity index (χ2n) is 5.92.